The summed E-state index contributed by atoms with van der Waals surface area (Å²) in [5, 5.41) is 10.9. The Labute approximate surface area is 115 Å². The fourth-order valence-corrected chi connectivity index (χ4v) is 2.50. The highest BCUT2D eigenvalue weighted by molar-refractivity contribution is 8.00. The summed E-state index contributed by atoms with van der Waals surface area (Å²) in [6, 6.07) is 4.64. The van der Waals surface area contributed by atoms with Gasteiger partial charge in [0.15, 0.2) is 0 Å². The third-order valence-corrected chi connectivity index (χ3v) is 3.54. The minimum atomic E-state index is -0.463. The molecule has 19 heavy (non-hydrogen) atoms. The lowest BCUT2D eigenvalue weighted by atomic mass is 10.3. The molecule has 0 aromatic heterocycles. The first-order valence-corrected chi connectivity index (χ1v) is 6.41. The van der Waals surface area contributed by atoms with Crippen molar-refractivity contribution in [1.29, 1.82) is 0 Å². The van der Waals surface area contributed by atoms with Crippen LogP contribution in [0.3, 0.4) is 0 Å². The highest BCUT2D eigenvalue weighted by Crippen LogP contribution is 2.35. The Morgan fingerprint density at radius 3 is 2.68 bits per heavy atom. The Hall–Kier alpha value is -1.76. The van der Waals surface area contributed by atoms with E-state index in [-0.39, 0.29) is 23.3 Å². The molecule has 104 valence electrons. The molecule has 0 amide bonds. The maximum atomic E-state index is 11.1. The van der Waals surface area contributed by atoms with Gasteiger partial charge in [0.1, 0.15) is 5.75 Å². The number of hydrogen-bond donors (Lipinski definition) is 0. The molecule has 0 aliphatic heterocycles. The number of carbonyl (C=O) groups excluding carboxylic acids is 1. The van der Waals surface area contributed by atoms with E-state index in [0.717, 1.165) is 0 Å². The lowest BCUT2D eigenvalue weighted by molar-refractivity contribution is -0.387. The minimum Gasteiger partial charge on any atom is -0.497 e. The molecule has 0 saturated carbocycles. The number of ether oxygens (including phenoxy) is 2. The van der Waals surface area contributed by atoms with Crippen molar-refractivity contribution in [1.82, 2.24) is 0 Å². The summed E-state index contributed by atoms with van der Waals surface area (Å²) in [6.07, 6.45) is 0.199. The highest BCUT2D eigenvalue weighted by atomic mass is 32.2. The van der Waals surface area contributed by atoms with Crippen LogP contribution < -0.4 is 4.74 Å². The zero-order valence-corrected chi connectivity index (χ0v) is 11.7. The number of nitro benzene ring substituents is 1. The van der Waals surface area contributed by atoms with E-state index in [1.54, 1.807) is 12.1 Å². The van der Waals surface area contributed by atoms with E-state index in [4.69, 9.17) is 4.74 Å². The Kier molecular flexibility index (Phi) is 5.62. The average Bonchev–Trinajstić information content (AvgIpc) is 2.38. The molecule has 0 radical (unpaired) electrons. The van der Waals surface area contributed by atoms with E-state index in [0.29, 0.717) is 10.6 Å². The van der Waals surface area contributed by atoms with Gasteiger partial charge in [-0.2, -0.15) is 0 Å². The normalized spacial score (nSPS) is 11.7. The van der Waals surface area contributed by atoms with Crippen LogP contribution in [0.1, 0.15) is 13.3 Å². The van der Waals surface area contributed by atoms with E-state index in [1.807, 2.05) is 6.92 Å². The predicted molar refractivity (Wildman–Crippen MR) is 71.6 cm³/mol. The van der Waals surface area contributed by atoms with E-state index in [9.17, 15) is 14.9 Å². The van der Waals surface area contributed by atoms with Crippen LogP contribution >= 0.6 is 11.8 Å². The van der Waals surface area contributed by atoms with Gasteiger partial charge in [-0.3, -0.25) is 14.9 Å². The van der Waals surface area contributed by atoms with Crippen LogP contribution in [0, 0.1) is 10.1 Å². The summed E-state index contributed by atoms with van der Waals surface area (Å²) in [5.41, 5.74) is -0.0268. The molecule has 0 fully saturated rings. The van der Waals surface area contributed by atoms with Crippen LogP contribution in [0.15, 0.2) is 23.1 Å². The number of nitro groups is 1. The zero-order valence-electron chi connectivity index (χ0n) is 10.9. The van der Waals surface area contributed by atoms with Crippen LogP contribution in [0.2, 0.25) is 0 Å². The molecule has 0 bridgehead atoms. The van der Waals surface area contributed by atoms with Crippen molar-refractivity contribution in [2.24, 2.45) is 0 Å². The van der Waals surface area contributed by atoms with Gasteiger partial charge in [0, 0.05) is 5.25 Å². The van der Waals surface area contributed by atoms with Gasteiger partial charge in [-0.25, -0.2) is 0 Å². The summed E-state index contributed by atoms with van der Waals surface area (Å²) >= 11 is 1.26. The smallest absolute Gasteiger partial charge is 0.306 e. The van der Waals surface area contributed by atoms with Crippen molar-refractivity contribution in [2.45, 2.75) is 23.5 Å². The third-order valence-electron chi connectivity index (χ3n) is 2.37. The fraction of sp³-hybridized carbons (Fsp3) is 0.417. The van der Waals surface area contributed by atoms with Crippen molar-refractivity contribution in [3.8, 4) is 5.75 Å². The lowest BCUT2D eigenvalue weighted by Gasteiger charge is -2.10. The fourth-order valence-electron chi connectivity index (χ4n) is 1.44. The molecular weight excluding hydrogens is 270 g/mol. The van der Waals surface area contributed by atoms with E-state index < -0.39 is 4.92 Å². The molecule has 0 saturated heterocycles. The number of thioether (sulfide) groups is 1. The van der Waals surface area contributed by atoms with Crippen LogP contribution in [0.25, 0.3) is 0 Å². The summed E-state index contributed by atoms with van der Waals surface area (Å²) in [4.78, 5) is 22.2. The van der Waals surface area contributed by atoms with Gasteiger partial charge in [-0.15, -0.1) is 11.8 Å². The van der Waals surface area contributed by atoms with Crippen LogP contribution in [0.5, 0.6) is 5.75 Å². The second kappa shape index (κ2) is 6.98. The summed E-state index contributed by atoms with van der Waals surface area (Å²) in [7, 11) is 2.77. The summed E-state index contributed by atoms with van der Waals surface area (Å²) in [5.74, 6) is 0.0906. The van der Waals surface area contributed by atoms with E-state index in [1.165, 1.54) is 32.0 Å². The molecule has 6 nitrogen and oxygen atoms in total. The first-order chi connectivity index (χ1) is 8.97. The number of esters is 1. The molecule has 0 aliphatic carbocycles. The molecular formula is C12H15NO5S. The van der Waals surface area contributed by atoms with Crippen LogP contribution in [0.4, 0.5) is 5.69 Å². The van der Waals surface area contributed by atoms with Gasteiger partial charge in [0.25, 0.3) is 5.69 Å². The molecule has 1 atom stereocenters. The second-order valence-electron chi connectivity index (χ2n) is 3.80. The molecule has 1 aromatic rings. The molecule has 1 unspecified atom stereocenters. The van der Waals surface area contributed by atoms with Crippen molar-refractivity contribution in [2.75, 3.05) is 14.2 Å². The van der Waals surface area contributed by atoms with Crippen molar-refractivity contribution >= 4 is 23.4 Å². The number of nitrogens with zero attached hydrogens (tertiary/aromatic N) is 1. The van der Waals surface area contributed by atoms with Crippen molar-refractivity contribution in [3.05, 3.63) is 28.3 Å². The molecule has 7 heteroatoms. The first-order valence-electron chi connectivity index (χ1n) is 5.53. The lowest BCUT2D eigenvalue weighted by Crippen LogP contribution is -2.08. The molecule has 0 N–H and O–H groups in total. The monoisotopic (exact) mass is 285 g/mol. The average molecular weight is 285 g/mol. The topological polar surface area (TPSA) is 78.7 Å². The number of methoxy groups -OCH3 is 2. The Balaban J connectivity index is 2.88. The first kappa shape index (κ1) is 15.3. The molecule has 1 rings (SSSR count). The highest BCUT2D eigenvalue weighted by Gasteiger charge is 2.19. The molecule has 0 heterocycles. The van der Waals surface area contributed by atoms with Crippen LogP contribution in [-0.2, 0) is 9.53 Å². The van der Waals surface area contributed by atoms with E-state index >= 15 is 0 Å². The molecule has 1 aromatic carbocycles. The van der Waals surface area contributed by atoms with Crippen molar-refractivity contribution in [3.63, 3.8) is 0 Å². The Morgan fingerprint density at radius 2 is 2.16 bits per heavy atom. The quantitative estimate of drug-likeness (QED) is 0.346. The van der Waals surface area contributed by atoms with E-state index in [2.05, 4.69) is 4.74 Å². The van der Waals surface area contributed by atoms with Crippen LogP contribution in [-0.4, -0.2) is 30.4 Å². The standard InChI is InChI=1S/C12H15NO5S/c1-8(6-12(14)18-3)19-11-5-4-9(17-2)7-10(11)13(15)16/h4-5,7-8H,6H2,1-3H3. The molecule has 0 aliphatic rings. The molecule has 0 spiro atoms. The predicted octanol–water partition coefficient (Wildman–Crippen LogP) is 2.65. The Morgan fingerprint density at radius 1 is 1.47 bits per heavy atom. The maximum Gasteiger partial charge on any atom is 0.306 e. The minimum absolute atomic E-state index is 0.0268. The van der Waals surface area contributed by atoms with Gasteiger partial charge < -0.3 is 9.47 Å². The third kappa shape index (κ3) is 4.44. The van der Waals surface area contributed by atoms with Gasteiger partial charge >= 0.3 is 5.97 Å². The summed E-state index contributed by atoms with van der Waals surface area (Å²) < 4.78 is 9.53. The van der Waals surface area contributed by atoms with Gasteiger partial charge in [0.2, 0.25) is 0 Å². The van der Waals surface area contributed by atoms with Gasteiger partial charge in [0.05, 0.1) is 36.5 Å². The van der Waals surface area contributed by atoms with Gasteiger partial charge in [-0.1, -0.05) is 6.92 Å². The largest absolute Gasteiger partial charge is 0.497 e. The number of carbonyl (C=O) groups is 1. The Bertz CT molecular complexity index is 477. The van der Waals surface area contributed by atoms with Crippen molar-refractivity contribution < 1.29 is 19.2 Å². The zero-order chi connectivity index (χ0) is 14.4. The second-order valence-corrected chi connectivity index (χ2v) is 5.28. The number of hydrogen-bond acceptors (Lipinski definition) is 6. The summed E-state index contributed by atoms with van der Waals surface area (Å²) in [6.45, 7) is 1.82. The number of benzene rings is 1. The maximum absolute atomic E-state index is 11.1. The SMILES string of the molecule is COC(=O)CC(C)Sc1ccc(OC)cc1[N+](=O)[O-]. The number of rotatable bonds is 6. The van der Waals surface area contributed by atoms with Gasteiger partial charge in [-0.05, 0) is 12.1 Å².